The maximum Gasteiger partial charge on any atom is 0.141 e. The lowest BCUT2D eigenvalue weighted by Crippen LogP contribution is -1.99. The Hall–Kier alpha value is -1.22. The van der Waals surface area contributed by atoms with Gasteiger partial charge in [0.2, 0.25) is 0 Å². The molecule has 74 valence electrons. The van der Waals surface area contributed by atoms with Gasteiger partial charge in [0.15, 0.2) is 0 Å². The van der Waals surface area contributed by atoms with Gasteiger partial charge in [-0.2, -0.15) is 0 Å². The average Bonchev–Trinajstić information content (AvgIpc) is 1.99. The maximum absolute atomic E-state index is 9.08. The molecule has 1 aromatic carbocycles. The standard InChI is InChI=1S/C7H9NO.C3H9N/c1-5-3-2-4-6(8)7(5)9;1-4(2)3/h2-4,9H,8H2,1H3;1-3H3. The molecule has 0 atom stereocenters. The van der Waals surface area contributed by atoms with E-state index in [1.165, 1.54) is 0 Å². The number of nitrogens with two attached hydrogens (primary N) is 1. The number of nitrogens with zero attached hydrogens (tertiary/aromatic N) is 1. The van der Waals surface area contributed by atoms with Crippen molar-refractivity contribution in [2.24, 2.45) is 0 Å². The number of hydrogen-bond acceptors (Lipinski definition) is 3. The molecule has 1 aromatic rings. The van der Waals surface area contributed by atoms with E-state index in [9.17, 15) is 0 Å². The zero-order chi connectivity index (χ0) is 10.4. The second kappa shape index (κ2) is 5.43. The van der Waals surface area contributed by atoms with Crippen LogP contribution in [0.4, 0.5) is 5.69 Å². The number of anilines is 1. The molecule has 3 heteroatoms. The van der Waals surface area contributed by atoms with Gasteiger partial charge in [-0.1, -0.05) is 12.1 Å². The van der Waals surface area contributed by atoms with Gasteiger partial charge in [0.1, 0.15) is 5.75 Å². The molecule has 0 aromatic heterocycles. The Morgan fingerprint density at radius 1 is 1.23 bits per heavy atom. The second-order valence-corrected chi connectivity index (χ2v) is 3.35. The first-order chi connectivity index (χ1) is 5.95. The predicted octanol–water partition coefficient (Wildman–Crippen LogP) is 1.46. The summed E-state index contributed by atoms with van der Waals surface area (Å²) in [5, 5.41) is 9.08. The first-order valence-electron chi connectivity index (χ1n) is 4.10. The lowest BCUT2D eigenvalue weighted by molar-refractivity contribution is 0.474. The minimum atomic E-state index is 0.192. The molecule has 13 heavy (non-hydrogen) atoms. The molecule has 0 unspecified atom stereocenters. The van der Waals surface area contributed by atoms with Crippen LogP contribution in [0.2, 0.25) is 0 Å². The highest BCUT2D eigenvalue weighted by Crippen LogP contribution is 2.22. The van der Waals surface area contributed by atoms with Gasteiger partial charge in [0.05, 0.1) is 5.69 Å². The predicted molar refractivity (Wildman–Crippen MR) is 56.9 cm³/mol. The third-order valence-corrected chi connectivity index (χ3v) is 1.27. The molecule has 0 spiro atoms. The van der Waals surface area contributed by atoms with Crippen molar-refractivity contribution in [3.05, 3.63) is 23.8 Å². The SMILES string of the molecule is CN(C)C.Cc1cccc(N)c1O. The van der Waals surface area contributed by atoms with E-state index in [4.69, 9.17) is 10.8 Å². The Bertz CT molecular complexity index is 236. The number of phenols is 1. The zero-order valence-corrected chi connectivity index (χ0v) is 8.70. The largest absolute Gasteiger partial charge is 0.506 e. The molecule has 0 aliphatic rings. The Morgan fingerprint density at radius 2 is 1.69 bits per heavy atom. The molecule has 0 heterocycles. The van der Waals surface area contributed by atoms with Gasteiger partial charge in [-0.3, -0.25) is 0 Å². The molecule has 3 nitrogen and oxygen atoms in total. The minimum absolute atomic E-state index is 0.192. The van der Waals surface area contributed by atoms with Gasteiger partial charge >= 0.3 is 0 Å². The third-order valence-electron chi connectivity index (χ3n) is 1.27. The van der Waals surface area contributed by atoms with Gasteiger partial charge in [0, 0.05) is 0 Å². The number of benzene rings is 1. The number of aromatic hydroxyl groups is 1. The van der Waals surface area contributed by atoms with Crippen molar-refractivity contribution in [1.82, 2.24) is 4.90 Å². The topological polar surface area (TPSA) is 49.5 Å². The van der Waals surface area contributed by atoms with Crippen LogP contribution in [0, 0.1) is 6.92 Å². The van der Waals surface area contributed by atoms with Crippen molar-refractivity contribution < 1.29 is 5.11 Å². The molecule has 0 aliphatic heterocycles. The number of aryl methyl sites for hydroxylation is 1. The summed E-state index contributed by atoms with van der Waals surface area (Å²) in [4.78, 5) is 2.00. The van der Waals surface area contributed by atoms with Crippen LogP contribution >= 0.6 is 0 Å². The second-order valence-electron chi connectivity index (χ2n) is 3.35. The fourth-order valence-corrected chi connectivity index (χ4v) is 0.682. The van der Waals surface area contributed by atoms with Gasteiger partial charge in [-0.15, -0.1) is 0 Å². The van der Waals surface area contributed by atoms with E-state index in [1.54, 1.807) is 6.07 Å². The van der Waals surface area contributed by atoms with E-state index in [0.29, 0.717) is 5.69 Å². The molecule has 0 radical (unpaired) electrons. The fourth-order valence-electron chi connectivity index (χ4n) is 0.682. The quantitative estimate of drug-likeness (QED) is 0.472. The summed E-state index contributed by atoms with van der Waals surface area (Å²) in [6.45, 7) is 1.81. The highest BCUT2D eigenvalue weighted by molar-refractivity contribution is 5.54. The highest BCUT2D eigenvalue weighted by Gasteiger charge is 1.95. The molecule has 0 amide bonds. The Kier molecular flexibility index (Phi) is 4.92. The number of nitrogen functional groups attached to an aromatic ring is 1. The molecule has 0 bridgehead atoms. The van der Waals surface area contributed by atoms with Crippen LogP contribution in [0.25, 0.3) is 0 Å². The fraction of sp³-hybridized carbons (Fsp3) is 0.400. The average molecular weight is 182 g/mol. The maximum atomic E-state index is 9.08. The summed E-state index contributed by atoms with van der Waals surface area (Å²) >= 11 is 0. The molecule has 1 rings (SSSR count). The number of phenolic OH excluding ortho intramolecular Hbond substituents is 1. The van der Waals surface area contributed by atoms with Crippen LogP contribution in [-0.4, -0.2) is 31.1 Å². The van der Waals surface area contributed by atoms with Crippen molar-refractivity contribution in [3.8, 4) is 5.75 Å². The smallest absolute Gasteiger partial charge is 0.141 e. The van der Waals surface area contributed by atoms with E-state index in [2.05, 4.69) is 0 Å². The third kappa shape index (κ3) is 5.09. The van der Waals surface area contributed by atoms with Crippen LogP contribution in [0.15, 0.2) is 18.2 Å². The monoisotopic (exact) mass is 182 g/mol. The van der Waals surface area contributed by atoms with Crippen molar-refractivity contribution in [1.29, 1.82) is 0 Å². The van der Waals surface area contributed by atoms with Crippen LogP contribution in [-0.2, 0) is 0 Å². The molecular formula is C10H18N2O. The van der Waals surface area contributed by atoms with Crippen LogP contribution in [0.1, 0.15) is 5.56 Å². The van der Waals surface area contributed by atoms with Crippen molar-refractivity contribution in [2.75, 3.05) is 26.9 Å². The van der Waals surface area contributed by atoms with Crippen molar-refractivity contribution >= 4 is 5.69 Å². The zero-order valence-electron chi connectivity index (χ0n) is 8.70. The lowest BCUT2D eigenvalue weighted by Gasteiger charge is -1.99. The van der Waals surface area contributed by atoms with E-state index in [-0.39, 0.29) is 5.75 Å². The first-order valence-corrected chi connectivity index (χ1v) is 4.10. The van der Waals surface area contributed by atoms with Gasteiger partial charge in [0.25, 0.3) is 0 Å². The van der Waals surface area contributed by atoms with Crippen LogP contribution in [0.3, 0.4) is 0 Å². The molecule has 0 fully saturated rings. The number of para-hydroxylation sites is 1. The summed E-state index contributed by atoms with van der Waals surface area (Å²) in [5.41, 5.74) is 6.63. The normalized spacial score (nSPS) is 9.31. The molecule has 0 saturated heterocycles. The van der Waals surface area contributed by atoms with E-state index >= 15 is 0 Å². The van der Waals surface area contributed by atoms with Crippen LogP contribution < -0.4 is 5.73 Å². The number of hydrogen-bond donors (Lipinski definition) is 2. The minimum Gasteiger partial charge on any atom is -0.506 e. The van der Waals surface area contributed by atoms with Gasteiger partial charge in [-0.05, 0) is 39.7 Å². The van der Waals surface area contributed by atoms with Crippen molar-refractivity contribution in [2.45, 2.75) is 6.92 Å². The van der Waals surface area contributed by atoms with Gasteiger partial charge in [-0.25, -0.2) is 0 Å². The Morgan fingerprint density at radius 3 is 2.00 bits per heavy atom. The molecular weight excluding hydrogens is 164 g/mol. The first kappa shape index (κ1) is 11.8. The Labute approximate surface area is 79.8 Å². The van der Waals surface area contributed by atoms with Crippen LogP contribution in [0.5, 0.6) is 5.75 Å². The summed E-state index contributed by atoms with van der Waals surface area (Å²) in [6, 6.07) is 5.29. The summed E-state index contributed by atoms with van der Waals surface area (Å²) in [5.74, 6) is 0.192. The summed E-state index contributed by atoms with van der Waals surface area (Å²) in [7, 11) is 6.00. The summed E-state index contributed by atoms with van der Waals surface area (Å²) in [6.07, 6.45) is 0. The molecule has 3 N–H and O–H groups in total. The molecule has 0 aliphatic carbocycles. The summed E-state index contributed by atoms with van der Waals surface area (Å²) < 4.78 is 0. The van der Waals surface area contributed by atoms with E-state index < -0.39 is 0 Å². The highest BCUT2D eigenvalue weighted by atomic mass is 16.3. The van der Waals surface area contributed by atoms with Gasteiger partial charge < -0.3 is 15.7 Å². The van der Waals surface area contributed by atoms with E-state index in [0.717, 1.165) is 5.56 Å². The Balaban J connectivity index is 0.000000310. The van der Waals surface area contributed by atoms with Crippen molar-refractivity contribution in [3.63, 3.8) is 0 Å². The number of rotatable bonds is 0. The molecule has 0 saturated carbocycles. The van der Waals surface area contributed by atoms with E-state index in [1.807, 2.05) is 45.1 Å². The lowest BCUT2D eigenvalue weighted by atomic mass is 10.2.